The van der Waals surface area contributed by atoms with Crippen LogP contribution in [0.2, 0.25) is 0 Å². The van der Waals surface area contributed by atoms with Gasteiger partial charge in [0, 0.05) is 18.3 Å². The molecule has 0 bridgehead atoms. The van der Waals surface area contributed by atoms with E-state index in [0.717, 1.165) is 0 Å². The van der Waals surface area contributed by atoms with Gasteiger partial charge in [0.1, 0.15) is 6.10 Å². The maximum Gasteiger partial charge on any atom is 0.161 e. The van der Waals surface area contributed by atoms with Crippen LogP contribution in [0, 0.1) is 5.92 Å². The van der Waals surface area contributed by atoms with E-state index in [1.54, 1.807) is 0 Å². The second kappa shape index (κ2) is 3.00. The van der Waals surface area contributed by atoms with Gasteiger partial charge in [-0.3, -0.25) is 4.79 Å². The molecule has 2 atom stereocenters. The van der Waals surface area contributed by atoms with Crippen LogP contribution in [-0.4, -0.2) is 23.0 Å². The van der Waals surface area contributed by atoms with E-state index in [2.05, 4.69) is 0 Å². The second-order valence-electron chi connectivity index (χ2n) is 2.78. The predicted octanol–water partition coefficient (Wildman–Crippen LogP) is -1.53. The lowest BCUT2D eigenvalue weighted by atomic mass is 9.87. The van der Waals surface area contributed by atoms with E-state index >= 15 is 0 Å². The number of Topliss-reactive ketones (excluding diaryl/α,β-unsaturated/α-hetero) is 1. The minimum Gasteiger partial charge on any atom is -0.550 e. The number of carbonyl (C=O) groups is 2. The molecular weight excluding hydrogens is 148 g/mol. The lowest BCUT2D eigenvalue weighted by Gasteiger charge is -2.24. The number of rotatable bonds is 1. The summed E-state index contributed by atoms with van der Waals surface area (Å²) in [6.45, 7) is 0. The average Bonchev–Trinajstić information content (AvgIpc) is 1.94. The molecule has 1 rings (SSSR count). The molecule has 1 N–H and O–H groups in total. The first kappa shape index (κ1) is 8.20. The van der Waals surface area contributed by atoms with Crippen molar-refractivity contribution in [3.8, 4) is 0 Å². The number of aliphatic hydroxyl groups is 1. The number of carboxylic acids is 1. The molecule has 0 aromatic rings. The van der Waals surface area contributed by atoms with Gasteiger partial charge in [0.25, 0.3) is 0 Å². The van der Waals surface area contributed by atoms with Gasteiger partial charge in [0.15, 0.2) is 5.78 Å². The van der Waals surface area contributed by atoms with Crippen LogP contribution < -0.4 is 5.11 Å². The van der Waals surface area contributed by atoms with E-state index in [-0.39, 0.29) is 18.6 Å². The van der Waals surface area contributed by atoms with Crippen LogP contribution in [0.3, 0.4) is 0 Å². The van der Waals surface area contributed by atoms with Crippen molar-refractivity contribution in [2.24, 2.45) is 5.92 Å². The Morgan fingerprint density at radius 3 is 2.64 bits per heavy atom. The highest BCUT2D eigenvalue weighted by atomic mass is 16.4. The highest BCUT2D eigenvalue weighted by molar-refractivity contribution is 5.87. The number of aliphatic hydroxyl groups excluding tert-OH is 1. The molecule has 0 radical (unpaired) electrons. The van der Waals surface area contributed by atoms with Crippen molar-refractivity contribution in [2.75, 3.05) is 0 Å². The Morgan fingerprint density at radius 1 is 1.55 bits per heavy atom. The van der Waals surface area contributed by atoms with Gasteiger partial charge in [-0.1, -0.05) is 0 Å². The molecule has 11 heavy (non-hydrogen) atoms. The van der Waals surface area contributed by atoms with Crippen molar-refractivity contribution in [3.63, 3.8) is 0 Å². The van der Waals surface area contributed by atoms with Gasteiger partial charge in [0.05, 0.1) is 0 Å². The van der Waals surface area contributed by atoms with Crippen molar-refractivity contribution < 1.29 is 19.8 Å². The summed E-state index contributed by atoms with van der Waals surface area (Å²) in [5, 5.41) is 19.2. The number of hydrogen-bond donors (Lipinski definition) is 1. The zero-order valence-corrected chi connectivity index (χ0v) is 5.95. The van der Waals surface area contributed by atoms with E-state index in [1.165, 1.54) is 0 Å². The number of ketones is 1. The Hall–Kier alpha value is -0.900. The monoisotopic (exact) mass is 157 g/mol. The molecule has 4 nitrogen and oxygen atoms in total. The molecule has 0 saturated heterocycles. The van der Waals surface area contributed by atoms with E-state index in [9.17, 15) is 14.7 Å². The first-order valence-electron chi connectivity index (χ1n) is 3.53. The molecule has 0 spiro atoms. The van der Waals surface area contributed by atoms with Gasteiger partial charge in [-0.05, 0) is 12.8 Å². The molecule has 0 aliphatic heterocycles. The summed E-state index contributed by atoms with van der Waals surface area (Å²) in [6, 6.07) is 0. The van der Waals surface area contributed by atoms with Gasteiger partial charge >= 0.3 is 0 Å². The first-order valence-corrected chi connectivity index (χ1v) is 3.53. The van der Waals surface area contributed by atoms with Gasteiger partial charge in [-0.2, -0.15) is 0 Å². The Balaban J connectivity index is 2.53. The standard InChI is InChI=1S/C7H10O4/c8-5-2-1-4(7(10)11)3-6(5)9/h4-5,8H,1-3H2,(H,10,11)/p-1. The van der Waals surface area contributed by atoms with Gasteiger partial charge in [0.2, 0.25) is 0 Å². The summed E-state index contributed by atoms with van der Waals surface area (Å²) in [5.41, 5.74) is 0. The maximum atomic E-state index is 10.8. The molecule has 0 heterocycles. The van der Waals surface area contributed by atoms with Crippen LogP contribution in [0.5, 0.6) is 0 Å². The lowest BCUT2D eigenvalue weighted by molar-refractivity contribution is -0.312. The van der Waals surface area contributed by atoms with Crippen LogP contribution in [0.4, 0.5) is 0 Å². The summed E-state index contributed by atoms with van der Waals surface area (Å²) >= 11 is 0. The second-order valence-corrected chi connectivity index (χ2v) is 2.78. The molecule has 1 fully saturated rings. The summed E-state index contributed by atoms with van der Waals surface area (Å²) < 4.78 is 0. The lowest BCUT2D eigenvalue weighted by Crippen LogP contribution is -2.39. The minimum absolute atomic E-state index is 0.0799. The Kier molecular flexibility index (Phi) is 2.24. The normalized spacial score (nSPS) is 31.9. The highest BCUT2D eigenvalue weighted by Crippen LogP contribution is 2.20. The molecule has 2 unspecified atom stereocenters. The predicted molar refractivity (Wildman–Crippen MR) is 33.4 cm³/mol. The van der Waals surface area contributed by atoms with Crippen molar-refractivity contribution in [3.05, 3.63) is 0 Å². The molecule has 1 aliphatic rings. The van der Waals surface area contributed by atoms with Crippen molar-refractivity contribution in [1.29, 1.82) is 0 Å². The van der Waals surface area contributed by atoms with Crippen LogP contribution in [0.25, 0.3) is 0 Å². The minimum atomic E-state index is -1.19. The largest absolute Gasteiger partial charge is 0.550 e. The van der Waals surface area contributed by atoms with Crippen LogP contribution in [0.1, 0.15) is 19.3 Å². The van der Waals surface area contributed by atoms with Crippen molar-refractivity contribution in [2.45, 2.75) is 25.4 Å². The maximum absolute atomic E-state index is 10.8. The summed E-state index contributed by atoms with van der Waals surface area (Å²) in [4.78, 5) is 21.0. The summed E-state index contributed by atoms with van der Waals surface area (Å²) in [7, 11) is 0. The topological polar surface area (TPSA) is 77.4 Å². The summed E-state index contributed by atoms with van der Waals surface area (Å²) in [5.74, 6) is -2.26. The quantitative estimate of drug-likeness (QED) is 0.500. The van der Waals surface area contributed by atoms with E-state index in [0.29, 0.717) is 6.42 Å². The number of carbonyl (C=O) groups excluding carboxylic acids is 2. The molecule has 0 aromatic carbocycles. The first-order chi connectivity index (χ1) is 5.11. The zero-order valence-electron chi connectivity index (χ0n) is 5.95. The molecule has 1 aliphatic carbocycles. The van der Waals surface area contributed by atoms with E-state index in [4.69, 9.17) is 5.11 Å². The van der Waals surface area contributed by atoms with Crippen LogP contribution in [-0.2, 0) is 9.59 Å². The molecule has 0 amide bonds. The third-order valence-electron chi connectivity index (χ3n) is 1.94. The van der Waals surface area contributed by atoms with Gasteiger partial charge < -0.3 is 15.0 Å². The zero-order chi connectivity index (χ0) is 8.43. The number of carboxylic acid groups (broad SMARTS) is 1. The fourth-order valence-corrected chi connectivity index (χ4v) is 1.20. The summed E-state index contributed by atoms with van der Waals surface area (Å²) in [6.07, 6.45) is -0.443. The highest BCUT2D eigenvalue weighted by Gasteiger charge is 2.27. The Morgan fingerprint density at radius 2 is 2.18 bits per heavy atom. The Labute approximate surface area is 63.8 Å². The fourth-order valence-electron chi connectivity index (χ4n) is 1.20. The van der Waals surface area contributed by atoms with Crippen LogP contribution >= 0.6 is 0 Å². The van der Waals surface area contributed by atoms with Gasteiger partial charge in [-0.25, -0.2) is 0 Å². The SMILES string of the molecule is O=C1CC(C(=O)[O-])CCC1O. The van der Waals surface area contributed by atoms with Crippen molar-refractivity contribution >= 4 is 11.8 Å². The Bertz CT molecular complexity index is 187. The third kappa shape index (κ3) is 1.77. The molecular formula is C7H9O4-. The molecule has 62 valence electrons. The molecule has 0 aromatic heterocycles. The average molecular weight is 157 g/mol. The van der Waals surface area contributed by atoms with E-state index < -0.39 is 18.0 Å². The smallest absolute Gasteiger partial charge is 0.161 e. The molecule has 4 heteroatoms. The van der Waals surface area contributed by atoms with Crippen LogP contribution in [0.15, 0.2) is 0 Å². The third-order valence-corrected chi connectivity index (χ3v) is 1.94. The van der Waals surface area contributed by atoms with Crippen molar-refractivity contribution in [1.82, 2.24) is 0 Å². The number of aliphatic carboxylic acids is 1. The fraction of sp³-hybridized carbons (Fsp3) is 0.714. The van der Waals surface area contributed by atoms with Gasteiger partial charge in [-0.15, -0.1) is 0 Å². The number of hydrogen-bond acceptors (Lipinski definition) is 4. The molecule has 1 saturated carbocycles. The van der Waals surface area contributed by atoms with E-state index in [1.807, 2.05) is 0 Å².